The van der Waals surface area contributed by atoms with Crippen molar-refractivity contribution >= 4 is 34.0 Å². The SMILES string of the molecule is O=C(O)CN(CC(=O)Nc1nc2c(s1)CCCC2)c1ccccc1. The van der Waals surface area contributed by atoms with Crippen molar-refractivity contribution in [2.45, 2.75) is 25.7 Å². The molecule has 1 aromatic heterocycles. The Morgan fingerprint density at radius 3 is 2.62 bits per heavy atom. The van der Waals surface area contributed by atoms with Crippen LogP contribution in [0.2, 0.25) is 0 Å². The van der Waals surface area contributed by atoms with Crippen LogP contribution in [0.5, 0.6) is 0 Å². The summed E-state index contributed by atoms with van der Waals surface area (Å²) < 4.78 is 0. The van der Waals surface area contributed by atoms with E-state index in [1.165, 1.54) is 27.5 Å². The van der Waals surface area contributed by atoms with Crippen LogP contribution in [0.25, 0.3) is 0 Å². The average molecular weight is 345 g/mol. The molecular formula is C17H19N3O3S. The molecule has 7 heteroatoms. The largest absolute Gasteiger partial charge is 0.480 e. The number of amides is 1. The molecule has 1 heterocycles. The molecule has 0 atom stereocenters. The quantitative estimate of drug-likeness (QED) is 0.841. The summed E-state index contributed by atoms with van der Waals surface area (Å²) in [4.78, 5) is 30.7. The molecule has 1 aliphatic rings. The Balaban J connectivity index is 1.67. The Bertz CT molecular complexity index is 706. The lowest BCUT2D eigenvalue weighted by molar-refractivity contribution is -0.135. The minimum absolute atomic E-state index is 0.0272. The molecule has 0 unspecified atom stereocenters. The van der Waals surface area contributed by atoms with Gasteiger partial charge in [-0.25, -0.2) is 4.98 Å². The highest BCUT2D eigenvalue weighted by atomic mass is 32.1. The maximum atomic E-state index is 12.3. The number of hydrogen-bond donors (Lipinski definition) is 2. The molecule has 1 amide bonds. The highest BCUT2D eigenvalue weighted by Gasteiger charge is 2.18. The van der Waals surface area contributed by atoms with E-state index in [2.05, 4.69) is 10.3 Å². The topological polar surface area (TPSA) is 82.5 Å². The van der Waals surface area contributed by atoms with Crippen LogP contribution in [0.1, 0.15) is 23.4 Å². The smallest absolute Gasteiger partial charge is 0.323 e. The standard InChI is InChI=1S/C17H19N3O3S/c21-15(19-17-18-13-8-4-5-9-14(13)24-17)10-20(11-16(22)23)12-6-2-1-3-7-12/h1-3,6-7H,4-5,8-11H2,(H,22,23)(H,18,19,21). The number of carboxylic acids is 1. The van der Waals surface area contributed by atoms with Gasteiger partial charge >= 0.3 is 5.97 Å². The van der Waals surface area contributed by atoms with Gasteiger partial charge in [0.05, 0.1) is 12.2 Å². The van der Waals surface area contributed by atoms with Crippen LogP contribution in [0.3, 0.4) is 0 Å². The molecule has 24 heavy (non-hydrogen) atoms. The number of para-hydroxylation sites is 1. The lowest BCUT2D eigenvalue weighted by Crippen LogP contribution is -2.37. The maximum absolute atomic E-state index is 12.3. The number of fused-ring (bicyclic) bond motifs is 1. The number of nitrogens with zero attached hydrogens (tertiary/aromatic N) is 2. The summed E-state index contributed by atoms with van der Waals surface area (Å²) in [7, 11) is 0. The molecule has 126 valence electrons. The van der Waals surface area contributed by atoms with Gasteiger partial charge in [-0.3, -0.25) is 9.59 Å². The van der Waals surface area contributed by atoms with Gasteiger partial charge in [-0.15, -0.1) is 11.3 Å². The van der Waals surface area contributed by atoms with Gasteiger partial charge in [0.1, 0.15) is 6.54 Å². The molecule has 1 aromatic carbocycles. The third-order valence-electron chi connectivity index (χ3n) is 3.87. The zero-order chi connectivity index (χ0) is 16.9. The summed E-state index contributed by atoms with van der Waals surface area (Å²) in [5.74, 6) is -1.23. The van der Waals surface area contributed by atoms with E-state index in [-0.39, 0.29) is 19.0 Å². The molecule has 0 fully saturated rings. The summed E-state index contributed by atoms with van der Waals surface area (Å²) >= 11 is 1.52. The molecule has 2 aromatic rings. The number of thiazole rings is 1. The molecule has 0 radical (unpaired) electrons. The fourth-order valence-corrected chi connectivity index (χ4v) is 3.84. The van der Waals surface area contributed by atoms with Crippen molar-refractivity contribution in [2.24, 2.45) is 0 Å². The van der Waals surface area contributed by atoms with Crippen molar-refractivity contribution in [3.05, 3.63) is 40.9 Å². The van der Waals surface area contributed by atoms with Gasteiger partial charge in [0.2, 0.25) is 5.91 Å². The van der Waals surface area contributed by atoms with Gasteiger partial charge in [-0.05, 0) is 37.8 Å². The third-order valence-corrected chi connectivity index (χ3v) is 4.95. The van der Waals surface area contributed by atoms with E-state index in [1.54, 1.807) is 12.1 Å². The van der Waals surface area contributed by atoms with E-state index in [0.29, 0.717) is 10.8 Å². The molecule has 0 spiro atoms. The third kappa shape index (κ3) is 4.11. The molecule has 0 saturated heterocycles. The minimum Gasteiger partial charge on any atom is -0.480 e. The summed E-state index contributed by atoms with van der Waals surface area (Å²) in [6.07, 6.45) is 4.31. The molecule has 0 bridgehead atoms. The molecule has 1 aliphatic carbocycles. The van der Waals surface area contributed by atoms with Crippen molar-refractivity contribution in [1.82, 2.24) is 4.98 Å². The second kappa shape index (κ2) is 7.44. The van der Waals surface area contributed by atoms with Crippen LogP contribution in [0, 0.1) is 0 Å². The van der Waals surface area contributed by atoms with E-state index in [9.17, 15) is 9.59 Å². The van der Waals surface area contributed by atoms with E-state index < -0.39 is 5.97 Å². The highest BCUT2D eigenvalue weighted by molar-refractivity contribution is 7.15. The predicted molar refractivity (Wildman–Crippen MR) is 93.7 cm³/mol. The number of carbonyl (C=O) groups excluding carboxylic acids is 1. The summed E-state index contributed by atoms with van der Waals surface area (Å²) in [5, 5.41) is 12.5. The fourth-order valence-electron chi connectivity index (χ4n) is 2.78. The Kier molecular flexibility index (Phi) is 5.10. The molecule has 2 N–H and O–H groups in total. The van der Waals surface area contributed by atoms with E-state index in [4.69, 9.17) is 5.11 Å². The number of aromatic nitrogens is 1. The number of aryl methyl sites for hydroxylation is 2. The number of benzene rings is 1. The normalized spacial score (nSPS) is 13.2. The second-order valence-electron chi connectivity index (χ2n) is 5.73. The number of hydrogen-bond acceptors (Lipinski definition) is 5. The Hall–Kier alpha value is -2.41. The fraction of sp³-hybridized carbons (Fsp3) is 0.353. The average Bonchev–Trinajstić information content (AvgIpc) is 2.96. The van der Waals surface area contributed by atoms with Gasteiger partial charge in [0.15, 0.2) is 5.13 Å². The van der Waals surface area contributed by atoms with Crippen LogP contribution >= 0.6 is 11.3 Å². The summed E-state index contributed by atoms with van der Waals surface area (Å²) in [5.41, 5.74) is 1.79. The first-order valence-electron chi connectivity index (χ1n) is 7.92. The first-order valence-corrected chi connectivity index (χ1v) is 8.73. The Morgan fingerprint density at radius 2 is 1.92 bits per heavy atom. The number of rotatable bonds is 6. The summed E-state index contributed by atoms with van der Waals surface area (Å²) in [6.45, 7) is -0.258. The molecule has 3 rings (SSSR count). The van der Waals surface area contributed by atoms with Crippen molar-refractivity contribution in [2.75, 3.05) is 23.3 Å². The molecule has 0 saturated carbocycles. The van der Waals surface area contributed by atoms with Crippen molar-refractivity contribution in [3.63, 3.8) is 0 Å². The van der Waals surface area contributed by atoms with Crippen LogP contribution < -0.4 is 10.2 Å². The molecule has 0 aliphatic heterocycles. The van der Waals surface area contributed by atoms with E-state index >= 15 is 0 Å². The van der Waals surface area contributed by atoms with Crippen LogP contribution in [-0.4, -0.2) is 35.1 Å². The first kappa shape index (κ1) is 16.4. The van der Waals surface area contributed by atoms with Gasteiger partial charge in [-0.1, -0.05) is 18.2 Å². The monoisotopic (exact) mass is 345 g/mol. The first-order chi connectivity index (χ1) is 11.6. The minimum atomic E-state index is -0.976. The Morgan fingerprint density at radius 1 is 1.17 bits per heavy atom. The van der Waals surface area contributed by atoms with Gasteiger partial charge in [0.25, 0.3) is 0 Å². The summed E-state index contributed by atoms with van der Waals surface area (Å²) in [6, 6.07) is 9.06. The van der Waals surface area contributed by atoms with Crippen LogP contribution in [-0.2, 0) is 22.4 Å². The van der Waals surface area contributed by atoms with E-state index in [0.717, 1.165) is 25.0 Å². The number of nitrogens with one attached hydrogen (secondary N) is 1. The number of carbonyl (C=O) groups is 2. The van der Waals surface area contributed by atoms with Gasteiger partial charge < -0.3 is 15.3 Å². The van der Waals surface area contributed by atoms with Crippen molar-refractivity contribution in [3.8, 4) is 0 Å². The lowest BCUT2D eigenvalue weighted by Gasteiger charge is -2.21. The van der Waals surface area contributed by atoms with Gasteiger partial charge in [-0.2, -0.15) is 0 Å². The van der Waals surface area contributed by atoms with E-state index in [1.807, 2.05) is 18.2 Å². The van der Waals surface area contributed by atoms with Crippen LogP contribution in [0.15, 0.2) is 30.3 Å². The highest BCUT2D eigenvalue weighted by Crippen LogP contribution is 2.29. The van der Waals surface area contributed by atoms with Gasteiger partial charge in [0, 0.05) is 10.6 Å². The zero-order valence-corrected chi connectivity index (χ0v) is 14.0. The number of aliphatic carboxylic acids is 1. The molecular weight excluding hydrogens is 326 g/mol. The van der Waals surface area contributed by atoms with Crippen LogP contribution in [0.4, 0.5) is 10.8 Å². The maximum Gasteiger partial charge on any atom is 0.323 e. The zero-order valence-electron chi connectivity index (χ0n) is 13.2. The number of anilines is 2. The van der Waals surface area contributed by atoms with Crippen molar-refractivity contribution in [1.29, 1.82) is 0 Å². The lowest BCUT2D eigenvalue weighted by atomic mass is 10.0. The second-order valence-corrected chi connectivity index (χ2v) is 6.81. The Labute approximate surface area is 144 Å². The van der Waals surface area contributed by atoms with Crippen molar-refractivity contribution < 1.29 is 14.7 Å². The predicted octanol–water partition coefficient (Wildman–Crippen LogP) is 2.55. The molecule has 6 nitrogen and oxygen atoms in total. The number of carboxylic acid groups (broad SMARTS) is 1.